The zero-order valence-electron chi connectivity index (χ0n) is 13.3. The molecule has 1 amide bonds. The van der Waals surface area contributed by atoms with E-state index in [1.165, 1.54) is 25.3 Å². The van der Waals surface area contributed by atoms with Crippen LogP contribution in [0.3, 0.4) is 0 Å². The number of halogens is 1. The maximum Gasteiger partial charge on any atom is 0.269 e. The number of amides is 1. The number of hydrogen-bond acceptors (Lipinski definition) is 5. The molecule has 0 fully saturated rings. The van der Waals surface area contributed by atoms with Gasteiger partial charge in [0.2, 0.25) is 0 Å². The van der Waals surface area contributed by atoms with E-state index < -0.39 is 10.8 Å². The van der Waals surface area contributed by atoms with Crippen molar-refractivity contribution in [3.05, 3.63) is 62.1 Å². The lowest BCUT2D eigenvalue weighted by Crippen LogP contribution is -2.34. The topological polar surface area (TPSA) is 93.5 Å². The lowest BCUT2D eigenvalue weighted by molar-refractivity contribution is -0.384. The molecule has 0 radical (unpaired) electrons. The summed E-state index contributed by atoms with van der Waals surface area (Å²) < 4.78 is 5.89. The average molecular weight is 424 g/mol. The van der Waals surface area contributed by atoms with Gasteiger partial charge in [0.05, 0.1) is 17.6 Å². The molecule has 0 saturated carbocycles. The lowest BCUT2D eigenvalue weighted by Gasteiger charge is -2.13. The van der Waals surface area contributed by atoms with Crippen LogP contribution in [-0.2, 0) is 0 Å². The number of hydrogen-bond donors (Lipinski definition) is 2. The molecule has 0 spiro atoms. The highest BCUT2D eigenvalue weighted by atomic mass is 79.9. The molecule has 2 aromatic carbocycles. The number of nitrogens with zero attached hydrogens (tertiary/aromatic N) is 1. The van der Waals surface area contributed by atoms with Crippen LogP contribution < -0.4 is 15.4 Å². The highest BCUT2D eigenvalue weighted by Crippen LogP contribution is 2.23. The summed E-state index contributed by atoms with van der Waals surface area (Å²) in [4.78, 5) is 22.7. The number of rotatable bonds is 4. The molecule has 0 aliphatic heterocycles. The number of non-ortho nitro benzene ring substituents is 1. The van der Waals surface area contributed by atoms with E-state index in [-0.39, 0.29) is 10.8 Å². The highest BCUT2D eigenvalue weighted by Gasteiger charge is 2.15. The molecule has 0 unspecified atom stereocenters. The third-order valence-corrected chi connectivity index (χ3v) is 4.00. The Hall–Kier alpha value is -2.52. The molecule has 9 heteroatoms. The van der Waals surface area contributed by atoms with E-state index >= 15 is 0 Å². The minimum atomic E-state index is -0.476. The number of anilines is 1. The van der Waals surface area contributed by atoms with Crippen LogP contribution in [0.4, 0.5) is 11.4 Å². The van der Waals surface area contributed by atoms with E-state index in [2.05, 4.69) is 26.6 Å². The third kappa shape index (κ3) is 4.74. The third-order valence-electron chi connectivity index (χ3n) is 3.30. The fourth-order valence-electron chi connectivity index (χ4n) is 2.08. The van der Waals surface area contributed by atoms with Crippen molar-refractivity contribution in [1.82, 2.24) is 5.32 Å². The first-order valence-electron chi connectivity index (χ1n) is 7.02. The van der Waals surface area contributed by atoms with Crippen molar-refractivity contribution in [2.45, 2.75) is 6.92 Å². The van der Waals surface area contributed by atoms with Crippen molar-refractivity contribution in [3.8, 4) is 5.75 Å². The van der Waals surface area contributed by atoms with Crippen LogP contribution in [0.2, 0.25) is 0 Å². The largest absolute Gasteiger partial charge is 0.496 e. The number of methoxy groups -OCH3 is 1. The maximum atomic E-state index is 12.4. The highest BCUT2D eigenvalue weighted by molar-refractivity contribution is 9.10. The summed E-state index contributed by atoms with van der Waals surface area (Å²) in [7, 11) is 1.47. The quantitative estimate of drug-likeness (QED) is 0.441. The summed E-state index contributed by atoms with van der Waals surface area (Å²) in [6.07, 6.45) is 0. The molecule has 0 saturated heterocycles. The SMILES string of the molecule is COc1ccc(Br)cc1C(=O)NC(=S)Nc1ccc([N+](=O)[O-])cc1C. The van der Waals surface area contributed by atoms with E-state index in [4.69, 9.17) is 17.0 Å². The lowest BCUT2D eigenvalue weighted by atomic mass is 10.2. The molecule has 130 valence electrons. The van der Waals surface area contributed by atoms with Crippen LogP contribution >= 0.6 is 28.1 Å². The monoisotopic (exact) mass is 423 g/mol. The van der Waals surface area contributed by atoms with Gasteiger partial charge >= 0.3 is 0 Å². The van der Waals surface area contributed by atoms with Gasteiger partial charge in [0.25, 0.3) is 11.6 Å². The molecule has 25 heavy (non-hydrogen) atoms. The fourth-order valence-corrected chi connectivity index (χ4v) is 2.65. The number of aryl methyl sites for hydroxylation is 1. The summed E-state index contributed by atoms with van der Waals surface area (Å²) in [5, 5.41) is 16.2. The van der Waals surface area contributed by atoms with Gasteiger partial charge in [0, 0.05) is 22.3 Å². The number of nitro groups is 1. The van der Waals surface area contributed by atoms with Gasteiger partial charge in [-0.2, -0.15) is 0 Å². The second kappa shape index (κ2) is 8.04. The first-order valence-corrected chi connectivity index (χ1v) is 8.23. The van der Waals surface area contributed by atoms with Gasteiger partial charge in [-0.25, -0.2) is 0 Å². The molecular weight excluding hydrogens is 410 g/mol. The molecule has 0 aromatic heterocycles. The Labute approximate surface area is 157 Å². The molecule has 0 heterocycles. The maximum absolute atomic E-state index is 12.4. The molecule has 7 nitrogen and oxygen atoms in total. The van der Waals surface area contributed by atoms with E-state index in [1.807, 2.05) is 0 Å². The zero-order valence-corrected chi connectivity index (χ0v) is 15.7. The molecule has 0 aliphatic carbocycles. The van der Waals surface area contributed by atoms with Crippen LogP contribution in [-0.4, -0.2) is 23.1 Å². The Morgan fingerprint density at radius 2 is 2.00 bits per heavy atom. The normalized spacial score (nSPS) is 10.0. The zero-order chi connectivity index (χ0) is 18.6. The number of nitrogens with one attached hydrogen (secondary N) is 2. The Morgan fingerprint density at radius 3 is 2.60 bits per heavy atom. The van der Waals surface area contributed by atoms with Crippen LogP contribution in [0.25, 0.3) is 0 Å². The smallest absolute Gasteiger partial charge is 0.269 e. The standard InChI is InChI=1S/C16H14BrN3O4S/c1-9-7-11(20(22)23)4-5-13(9)18-16(25)19-15(21)12-8-10(17)3-6-14(12)24-2/h3-8H,1-2H3,(H2,18,19,21,25). The van der Waals surface area contributed by atoms with E-state index in [1.54, 1.807) is 25.1 Å². The summed E-state index contributed by atoms with van der Waals surface area (Å²) in [5.74, 6) is -0.0229. The van der Waals surface area contributed by atoms with Gasteiger partial charge in [0.15, 0.2) is 5.11 Å². The van der Waals surface area contributed by atoms with Gasteiger partial charge < -0.3 is 10.1 Å². The van der Waals surface area contributed by atoms with Crippen molar-refractivity contribution in [2.75, 3.05) is 12.4 Å². The van der Waals surface area contributed by atoms with Crippen molar-refractivity contribution >= 4 is 50.5 Å². The molecule has 0 atom stereocenters. The van der Waals surface area contributed by atoms with Gasteiger partial charge in [-0.15, -0.1) is 0 Å². The Morgan fingerprint density at radius 1 is 1.28 bits per heavy atom. The van der Waals surface area contributed by atoms with Crippen molar-refractivity contribution in [1.29, 1.82) is 0 Å². The van der Waals surface area contributed by atoms with Gasteiger partial charge in [-0.3, -0.25) is 20.2 Å². The predicted molar refractivity (Wildman–Crippen MR) is 102 cm³/mol. The predicted octanol–water partition coefficient (Wildman–Crippen LogP) is 3.80. The summed E-state index contributed by atoms with van der Waals surface area (Å²) >= 11 is 8.44. The molecule has 2 N–H and O–H groups in total. The first kappa shape index (κ1) is 18.8. The van der Waals surface area contributed by atoms with Gasteiger partial charge in [-0.1, -0.05) is 15.9 Å². The number of ether oxygens (including phenoxy) is 1. The van der Waals surface area contributed by atoms with E-state index in [9.17, 15) is 14.9 Å². The minimum Gasteiger partial charge on any atom is -0.496 e. The number of carbonyl (C=O) groups is 1. The molecule has 2 aromatic rings. The summed E-state index contributed by atoms with van der Waals surface area (Å²) in [6, 6.07) is 9.35. The van der Waals surface area contributed by atoms with Crippen LogP contribution in [0.1, 0.15) is 15.9 Å². The van der Waals surface area contributed by atoms with E-state index in [0.29, 0.717) is 22.6 Å². The Balaban J connectivity index is 2.11. The number of carbonyl (C=O) groups excluding carboxylic acids is 1. The van der Waals surface area contributed by atoms with Crippen molar-refractivity contribution < 1.29 is 14.5 Å². The van der Waals surface area contributed by atoms with Crippen LogP contribution in [0, 0.1) is 17.0 Å². The number of nitro benzene ring substituents is 1. The fraction of sp³-hybridized carbons (Fsp3) is 0.125. The molecular formula is C16H14BrN3O4S. The number of thiocarbonyl (C=S) groups is 1. The summed E-state index contributed by atoms with van der Waals surface area (Å²) in [5.41, 5.74) is 1.50. The van der Waals surface area contributed by atoms with Gasteiger partial charge in [-0.05, 0) is 49.0 Å². The second-order valence-corrected chi connectivity index (χ2v) is 6.33. The minimum absolute atomic E-state index is 0.0168. The molecule has 0 bridgehead atoms. The van der Waals surface area contributed by atoms with E-state index in [0.717, 1.165) is 4.47 Å². The molecule has 0 aliphatic rings. The number of benzene rings is 2. The van der Waals surface area contributed by atoms with Gasteiger partial charge in [0.1, 0.15) is 5.75 Å². The second-order valence-electron chi connectivity index (χ2n) is 5.01. The van der Waals surface area contributed by atoms with Crippen molar-refractivity contribution in [2.24, 2.45) is 0 Å². The Bertz CT molecular complexity index is 857. The summed E-state index contributed by atoms with van der Waals surface area (Å²) in [6.45, 7) is 1.71. The van der Waals surface area contributed by atoms with Crippen molar-refractivity contribution in [3.63, 3.8) is 0 Å². The average Bonchev–Trinajstić information content (AvgIpc) is 2.56. The Kier molecular flexibility index (Phi) is 6.05. The van der Waals surface area contributed by atoms with Crippen LogP contribution in [0.15, 0.2) is 40.9 Å². The first-order chi connectivity index (χ1) is 11.8. The van der Waals surface area contributed by atoms with Crippen LogP contribution in [0.5, 0.6) is 5.75 Å². The molecule has 2 rings (SSSR count).